The minimum Gasteiger partial charge on any atom is -0.464 e. The summed E-state index contributed by atoms with van der Waals surface area (Å²) in [5.41, 5.74) is 0.875. The van der Waals surface area contributed by atoms with Crippen molar-refractivity contribution < 1.29 is 14.0 Å². The Labute approximate surface area is 147 Å². The molecule has 1 aliphatic rings. The van der Waals surface area contributed by atoms with E-state index in [2.05, 4.69) is 10.4 Å². The lowest BCUT2D eigenvalue weighted by atomic mass is 9.85. The molecule has 0 aromatic carbocycles. The molecular formula is C18H24N4O3. The molecule has 3 unspecified atom stereocenters. The van der Waals surface area contributed by atoms with Gasteiger partial charge in [0.2, 0.25) is 11.8 Å². The molecule has 7 heteroatoms. The molecule has 2 aromatic heterocycles. The maximum atomic E-state index is 12.9. The van der Waals surface area contributed by atoms with Gasteiger partial charge in [-0.1, -0.05) is 0 Å². The van der Waals surface area contributed by atoms with Crippen molar-refractivity contribution in [2.45, 2.75) is 38.8 Å². The number of carbonyl (C=O) groups is 2. The average molecular weight is 344 g/mol. The number of piperidine rings is 1. The van der Waals surface area contributed by atoms with E-state index in [-0.39, 0.29) is 29.8 Å². The molecule has 0 bridgehead atoms. The quantitative estimate of drug-likeness (QED) is 0.921. The summed E-state index contributed by atoms with van der Waals surface area (Å²) in [5, 5.41) is 7.21. The van der Waals surface area contributed by atoms with Crippen LogP contribution in [0.2, 0.25) is 0 Å². The Hall–Kier alpha value is -2.57. The van der Waals surface area contributed by atoms with Crippen LogP contribution >= 0.6 is 0 Å². The van der Waals surface area contributed by atoms with Crippen molar-refractivity contribution in [2.75, 3.05) is 7.05 Å². The van der Waals surface area contributed by atoms with Crippen LogP contribution in [-0.2, 0) is 16.6 Å². The van der Waals surface area contributed by atoms with Crippen LogP contribution in [0, 0.1) is 12.8 Å². The standard InChI is InChI=1S/C18H24N4O3/c1-11-5-7-15(25-11)12(2)20-18(24)14-6-8-16(23)22(4)17(14)13-9-19-21(3)10-13/h5,7,9-10,12,14,17H,6,8H2,1-4H3,(H,20,24). The average Bonchev–Trinajstić information content (AvgIpc) is 3.18. The van der Waals surface area contributed by atoms with Gasteiger partial charge >= 0.3 is 0 Å². The molecule has 7 nitrogen and oxygen atoms in total. The maximum absolute atomic E-state index is 12.9. The van der Waals surface area contributed by atoms with Crippen molar-refractivity contribution in [3.63, 3.8) is 0 Å². The Kier molecular flexibility index (Phi) is 4.65. The summed E-state index contributed by atoms with van der Waals surface area (Å²) in [5.74, 6) is 1.20. The first kappa shape index (κ1) is 17.3. The fourth-order valence-electron chi connectivity index (χ4n) is 3.44. The van der Waals surface area contributed by atoms with Crippen LogP contribution in [0.5, 0.6) is 0 Å². The Bertz CT molecular complexity index is 779. The highest BCUT2D eigenvalue weighted by Crippen LogP contribution is 2.36. The monoisotopic (exact) mass is 344 g/mol. The smallest absolute Gasteiger partial charge is 0.226 e. The molecule has 1 fully saturated rings. The zero-order valence-corrected chi connectivity index (χ0v) is 15.0. The van der Waals surface area contributed by atoms with E-state index in [1.54, 1.807) is 22.8 Å². The van der Waals surface area contributed by atoms with E-state index < -0.39 is 0 Å². The molecule has 0 radical (unpaired) electrons. The molecule has 1 aliphatic heterocycles. The predicted molar refractivity (Wildman–Crippen MR) is 91.4 cm³/mol. The highest BCUT2D eigenvalue weighted by Gasteiger charge is 2.39. The lowest BCUT2D eigenvalue weighted by Gasteiger charge is -2.38. The van der Waals surface area contributed by atoms with Crippen LogP contribution in [0.15, 0.2) is 28.9 Å². The fourth-order valence-corrected chi connectivity index (χ4v) is 3.44. The third-order valence-corrected chi connectivity index (χ3v) is 4.81. The third kappa shape index (κ3) is 3.45. The number of amides is 2. The van der Waals surface area contributed by atoms with Gasteiger partial charge in [-0.05, 0) is 32.4 Å². The zero-order valence-electron chi connectivity index (χ0n) is 15.0. The van der Waals surface area contributed by atoms with E-state index >= 15 is 0 Å². The second-order valence-electron chi connectivity index (χ2n) is 6.72. The number of rotatable bonds is 4. The van der Waals surface area contributed by atoms with Crippen LogP contribution in [0.25, 0.3) is 0 Å². The molecule has 0 saturated carbocycles. The molecule has 3 heterocycles. The number of nitrogens with one attached hydrogen (secondary N) is 1. The summed E-state index contributed by atoms with van der Waals surface area (Å²) in [4.78, 5) is 26.7. The van der Waals surface area contributed by atoms with Crippen LogP contribution in [-0.4, -0.2) is 33.5 Å². The molecule has 25 heavy (non-hydrogen) atoms. The number of likely N-dealkylation sites (tertiary alicyclic amines) is 1. The number of hydrogen-bond donors (Lipinski definition) is 1. The summed E-state index contributed by atoms with van der Waals surface area (Å²) in [7, 11) is 3.57. The number of carbonyl (C=O) groups excluding carboxylic acids is 2. The predicted octanol–water partition coefficient (Wildman–Crippen LogP) is 2.11. The normalized spacial score (nSPS) is 22.1. The summed E-state index contributed by atoms with van der Waals surface area (Å²) in [6.45, 7) is 3.77. The summed E-state index contributed by atoms with van der Waals surface area (Å²) in [6.07, 6.45) is 4.48. The largest absolute Gasteiger partial charge is 0.464 e. The van der Waals surface area contributed by atoms with Gasteiger partial charge in [-0.25, -0.2) is 0 Å². The van der Waals surface area contributed by atoms with Gasteiger partial charge in [0, 0.05) is 32.3 Å². The molecule has 1 N–H and O–H groups in total. The first-order valence-electron chi connectivity index (χ1n) is 8.47. The summed E-state index contributed by atoms with van der Waals surface area (Å²) < 4.78 is 7.28. The minimum absolute atomic E-state index is 0.0487. The number of furan rings is 1. The van der Waals surface area contributed by atoms with Gasteiger partial charge in [0.25, 0.3) is 0 Å². The minimum atomic E-state index is -0.314. The first-order chi connectivity index (χ1) is 11.9. The van der Waals surface area contributed by atoms with Gasteiger partial charge in [0.15, 0.2) is 0 Å². The second-order valence-corrected chi connectivity index (χ2v) is 6.72. The van der Waals surface area contributed by atoms with Crippen LogP contribution < -0.4 is 5.32 Å². The van der Waals surface area contributed by atoms with E-state index in [1.807, 2.05) is 39.2 Å². The number of aryl methyl sites for hydroxylation is 2. The maximum Gasteiger partial charge on any atom is 0.226 e. The molecule has 134 valence electrons. The van der Waals surface area contributed by atoms with E-state index in [0.717, 1.165) is 17.1 Å². The molecular weight excluding hydrogens is 320 g/mol. The van der Waals surface area contributed by atoms with Gasteiger partial charge in [-0.2, -0.15) is 5.10 Å². The van der Waals surface area contributed by atoms with Crippen molar-refractivity contribution in [1.82, 2.24) is 20.0 Å². The molecule has 2 aromatic rings. The van der Waals surface area contributed by atoms with Crippen molar-refractivity contribution in [3.05, 3.63) is 41.6 Å². The molecule has 2 amide bonds. The van der Waals surface area contributed by atoms with E-state index in [0.29, 0.717) is 12.8 Å². The zero-order chi connectivity index (χ0) is 18.1. The van der Waals surface area contributed by atoms with Gasteiger partial charge in [-0.15, -0.1) is 0 Å². The Morgan fingerprint density at radius 2 is 2.16 bits per heavy atom. The van der Waals surface area contributed by atoms with E-state index in [9.17, 15) is 9.59 Å². The van der Waals surface area contributed by atoms with Crippen molar-refractivity contribution in [2.24, 2.45) is 13.0 Å². The van der Waals surface area contributed by atoms with Gasteiger partial charge in [-0.3, -0.25) is 14.3 Å². The third-order valence-electron chi connectivity index (χ3n) is 4.81. The highest BCUT2D eigenvalue weighted by atomic mass is 16.3. The number of nitrogens with zero attached hydrogens (tertiary/aromatic N) is 3. The summed E-state index contributed by atoms with van der Waals surface area (Å²) >= 11 is 0. The van der Waals surface area contributed by atoms with Crippen LogP contribution in [0.3, 0.4) is 0 Å². The topological polar surface area (TPSA) is 80.4 Å². The second kappa shape index (κ2) is 6.74. The Balaban J connectivity index is 1.80. The molecule has 0 aliphatic carbocycles. The van der Waals surface area contributed by atoms with Crippen molar-refractivity contribution >= 4 is 11.8 Å². The lowest BCUT2D eigenvalue weighted by Crippen LogP contribution is -2.46. The lowest BCUT2D eigenvalue weighted by molar-refractivity contribution is -0.141. The Morgan fingerprint density at radius 1 is 1.40 bits per heavy atom. The van der Waals surface area contributed by atoms with Crippen molar-refractivity contribution in [1.29, 1.82) is 0 Å². The van der Waals surface area contributed by atoms with E-state index in [1.165, 1.54) is 0 Å². The highest BCUT2D eigenvalue weighted by molar-refractivity contribution is 5.85. The fraction of sp³-hybridized carbons (Fsp3) is 0.500. The molecule has 3 atom stereocenters. The van der Waals surface area contributed by atoms with Crippen molar-refractivity contribution in [3.8, 4) is 0 Å². The molecule has 3 rings (SSSR count). The Morgan fingerprint density at radius 3 is 2.76 bits per heavy atom. The van der Waals surface area contributed by atoms with Gasteiger partial charge < -0.3 is 14.6 Å². The summed E-state index contributed by atoms with van der Waals surface area (Å²) in [6, 6.07) is 3.22. The van der Waals surface area contributed by atoms with E-state index in [4.69, 9.17) is 4.42 Å². The molecule has 0 spiro atoms. The van der Waals surface area contributed by atoms with Gasteiger partial charge in [0.1, 0.15) is 11.5 Å². The number of hydrogen-bond acceptors (Lipinski definition) is 4. The van der Waals surface area contributed by atoms with Crippen LogP contribution in [0.4, 0.5) is 0 Å². The van der Waals surface area contributed by atoms with Gasteiger partial charge in [0.05, 0.1) is 24.2 Å². The molecule has 1 saturated heterocycles. The van der Waals surface area contributed by atoms with Crippen LogP contribution in [0.1, 0.15) is 48.9 Å². The number of aromatic nitrogens is 2. The first-order valence-corrected chi connectivity index (χ1v) is 8.47. The SMILES string of the molecule is Cc1ccc(C(C)NC(=O)C2CCC(=O)N(C)C2c2cnn(C)c2)o1.